The molecular weight excluding hydrogens is 303 g/mol. The van der Waals surface area contributed by atoms with Gasteiger partial charge in [-0.3, -0.25) is 4.79 Å². The average Bonchev–Trinajstić information content (AvgIpc) is 2.48. The fourth-order valence-electron chi connectivity index (χ4n) is 2.03. The summed E-state index contributed by atoms with van der Waals surface area (Å²) in [6.07, 6.45) is 1.28. The van der Waals surface area contributed by atoms with E-state index in [4.69, 9.17) is 11.6 Å². The van der Waals surface area contributed by atoms with Gasteiger partial charge in [-0.15, -0.1) is 0 Å². The van der Waals surface area contributed by atoms with Crippen molar-refractivity contribution < 1.29 is 9.18 Å². The monoisotopic (exact) mass is 320 g/mol. The molecule has 0 aromatic heterocycles. The maximum absolute atomic E-state index is 13.2. The van der Waals surface area contributed by atoms with E-state index in [2.05, 4.69) is 10.6 Å². The van der Waals surface area contributed by atoms with Gasteiger partial charge in [-0.2, -0.15) is 0 Å². The van der Waals surface area contributed by atoms with Gasteiger partial charge in [-0.05, 0) is 42.3 Å². The van der Waals surface area contributed by atoms with Crippen LogP contribution in [0.4, 0.5) is 15.8 Å². The van der Waals surface area contributed by atoms with Crippen LogP contribution in [0.5, 0.6) is 0 Å². The summed E-state index contributed by atoms with van der Waals surface area (Å²) in [5.74, 6) is -0.299. The summed E-state index contributed by atoms with van der Waals surface area (Å²) in [5, 5.41) is 6.52. The van der Waals surface area contributed by atoms with Crippen LogP contribution in [-0.2, 0) is 11.3 Å². The summed E-state index contributed by atoms with van der Waals surface area (Å²) in [7, 11) is 0. The molecule has 0 aliphatic heterocycles. The molecule has 0 unspecified atom stereocenters. The molecule has 0 saturated heterocycles. The average molecular weight is 321 g/mol. The summed E-state index contributed by atoms with van der Waals surface area (Å²) in [6.45, 7) is 2.40. The molecule has 2 aromatic rings. The molecule has 0 aliphatic rings. The van der Waals surface area contributed by atoms with Crippen LogP contribution in [0.25, 0.3) is 0 Å². The quantitative estimate of drug-likeness (QED) is 0.800. The molecule has 0 spiro atoms. The fourth-order valence-corrected chi connectivity index (χ4v) is 2.22. The number of nitrogens with one attached hydrogen (secondary N) is 2. The van der Waals surface area contributed by atoms with Crippen molar-refractivity contribution in [3.8, 4) is 0 Å². The highest BCUT2D eigenvalue weighted by Crippen LogP contribution is 2.26. The van der Waals surface area contributed by atoms with Crippen LogP contribution in [0, 0.1) is 5.82 Å². The normalized spacial score (nSPS) is 10.3. The van der Waals surface area contributed by atoms with Crippen molar-refractivity contribution in [1.82, 2.24) is 0 Å². The summed E-state index contributed by atoms with van der Waals surface area (Å²) in [4.78, 5) is 11.6. The summed E-state index contributed by atoms with van der Waals surface area (Å²) < 4.78 is 13.2. The number of hydrogen-bond acceptors (Lipinski definition) is 2. The predicted molar refractivity (Wildman–Crippen MR) is 88.7 cm³/mol. The molecule has 0 atom stereocenters. The van der Waals surface area contributed by atoms with Crippen LogP contribution in [0.2, 0.25) is 5.02 Å². The van der Waals surface area contributed by atoms with E-state index < -0.39 is 0 Å². The number of anilines is 2. The van der Waals surface area contributed by atoms with Crippen LogP contribution in [0.3, 0.4) is 0 Å². The van der Waals surface area contributed by atoms with Gasteiger partial charge < -0.3 is 10.6 Å². The molecule has 0 heterocycles. The van der Waals surface area contributed by atoms with Gasteiger partial charge in [0, 0.05) is 18.7 Å². The number of amides is 1. The van der Waals surface area contributed by atoms with Crippen molar-refractivity contribution in [2.45, 2.75) is 26.3 Å². The van der Waals surface area contributed by atoms with Gasteiger partial charge in [0.1, 0.15) is 5.82 Å². The molecule has 0 radical (unpaired) electrons. The van der Waals surface area contributed by atoms with Gasteiger partial charge in [0.2, 0.25) is 5.91 Å². The third-order valence-corrected chi connectivity index (χ3v) is 3.43. The maximum atomic E-state index is 13.2. The third-order valence-electron chi connectivity index (χ3n) is 3.10. The van der Waals surface area contributed by atoms with Crippen molar-refractivity contribution in [1.29, 1.82) is 0 Å². The van der Waals surface area contributed by atoms with E-state index in [-0.39, 0.29) is 11.7 Å². The molecule has 2 aromatic carbocycles. The zero-order valence-electron chi connectivity index (χ0n) is 12.3. The fraction of sp³-hybridized carbons (Fsp3) is 0.235. The van der Waals surface area contributed by atoms with E-state index in [1.807, 2.05) is 13.0 Å². The number of rotatable bonds is 6. The van der Waals surface area contributed by atoms with Crippen molar-refractivity contribution >= 4 is 28.9 Å². The first-order chi connectivity index (χ1) is 10.6. The third kappa shape index (κ3) is 4.74. The molecule has 116 valence electrons. The molecule has 22 heavy (non-hydrogen) atoms. The van der Waals surface area contributed by atoms with Crippen LogP contribution in [0.15, 0.2) is 42.5 Å². The number of benzene rings is 2. The van der Waals surface area contributed by atoms with E-state index in [9.17, 15) is 9.18 Å². The Hall–Kier alpha value is -2.07. The first-order valence-corrected chi connectivity index (χ1v) is 7.54. The Kier molecular flexibility index (Phi) is 5.78. The second kappa shape index (κ2) is 7.80. The van der Waals surface area contributed by atoms with Gasteiger partial charge in [-0.25, -0.2) is 4.39 Å². The van der Waals surface area contributed by atoms with E-state index in [1.165, 1.54) is 12.1 Å². The van der Waals surface area contributed by atoms with Crippen LogP contribution in [-0.4, -0.2) is 5.91 Å². The van der Waals surface area contributed by atoms with Gasteiger partial charge in [0.05, 0.1) is 10.7 Å². The zero-order valence-corrected chi connectivity index (χ0v) is 13.1. The second-order valence-electron chi connectivity index (χ2n) is 4.98. The Balaban J connectivity index is 2.05. The summed E-state index contributed by atoms with van der Waals surface area (Å²) in [5.41, 5.74) is 2.20. The van der Waals surface area contributed by atoms with E-state index in [0.717, 1.165) is 12.0 Å². The number of carbonyl (C=O) groups excluding carboxylic acids is 1. The first kappa shape index (κ1) is 16.3. The number of halogens is 2. The van der Waals surface area contributed by atoms with Gasteiger partial charge in [-0.1, -0.05) is 30.7 Å². The SMILES string of the molecule is CCCC(=O)Nc1ccc(Cl)c(NCc2cccc(F)c2)c1. The van der Waals surface area contributed by atoms with Gasteiger partial charge in [0.15, 0.2) is 0 Å². The van der Waals surface area contributed by atoms with E-state index >= 15 is 0 Å². The molecule has 0 saturated carbocycles. The molecule has 2 N–H and O–H groups in total. The standard InChI is InChI=1S/C17H18ClFN2O/c1-2-4-17(22)21-14-7-8-15(18)16(10-14)20-11-12-5-3-6-13(19)9-12/h3,5-10,20H,2,4,11H2,1H3,(H,21,22). The molecule has 2 rings (SSSR count). The van der Waals surface area contributed by atoms with Crippen molar-refractivity contribution in [3.63, 3.8) is 0 Å². The molecule has 0 aliphatic carbocycles. The Morgan fingerprint density at radius 1 is 1.23 bits per heavy atom. The highest BCUT2D eigenvalue weighted by Gasteiger charge is 2.05. The Labute approximate surface area is 134 Å². The summed E-state index contributed by atoms with van der Waals surface area (Å²) >= 11 is 6.14. The van der Waals surface area contributed by atoms with Gasteiger partial charge in [0.25, 0.3) is 0 Å². The van der Waals surface area contributed by atoms with Crippen LogP contribution in [0.1, 0.15) is 25.3 Å². The molecule has 1 amide bonds. The van der Waals surface area contributed by atoms with E-state index in [1.54, 1.807) is 24.3 Å². The first-order valence-electron chi connectivity index (χ1n) is 7.16. The van der Waals surface area contributed by atoms with Crippen molar-refractivity contribution in [3.05, 3.63) is 58.9 Å². The Morgan fingerprint density at radius 3 is 2.77 bits per heavy atom. The lowest BCUT2D eigenvalue weighted by molar-refractivity contribution is -0.116. The number of carbonyl (C=O) groups is 1. The lowest BCUT2D eigenvalue weighted by Crippen LogP contribution is -2.11. The highest BCUT2D eigenvalue weighted by atomic mass is 35.5. The molecule has 3 nitrogen and oxygen atoms in total. The van der Waals surface area contributed by atoms with Gasteiger partial charge >= 0.3 is 0 Å². The van der Waals surface area contributed by atoms with Crippen molar-refractivity contribution in [2.24, 2.45) is 0 Å². The minimum absolute atomic E-state index is 0.0269. The maximum Gasteiger partial charge on any atom is 0.224 e. The lowest BCUT2D eigenvalue weighted by atomic mass is 10.2. The van der Waals surface area contributed by atoms with E-state index in [0.29, 0.717) is 29.4 Å². The Bertz CT molecular complexity index is 661. The topological polar surface area (TPSA) is 41.1 Å². The zero-order chi connectivity index (χ0) is 15.9. The summed E-state index contributed by atoms with van der Waals surface area (Å²) in [6, 6.07) is 11.6. The largest absolute Gasteiger partial charge is 0.380 e. The predicted octanol–water partition coefficient (Wildman–Crippen LogP) is 4.83. The smallest absolute Gasteiger partial charge is 0.224 e. The molecule has 0 bridgehead atoms. The minimum atomic E-state index is -0.272. The highest BCUT2D eigenvalue weighted by molar-refractivity contribution is 6.33. The van der Waals surface area contributed by atoms with Crippen LogP contribution < -0.4 is 10.6 Å². The van der Waals surface area contributed by atoms with Crippen molar-refractivity contribution in [2.75, 3.05) is 10.6 Å². The molecule has 5 heteroatoms. The van der Waals surface area contributed by atoms with Crippen LogP contribution >= 0.6 is 11.6 Å². The minimum Gasteiger partial charge on any atom is -0.380 e. The number of hydrogen-bond donors (Lipinski definition) is 2. The molecule has 0 fully saturated rings. The lowest BCUT2D eigenvalue weighted by Gasteiger charge is -2.11. The molecular formula is C17H18ClFN2O. The second-order valence-corrected chi connectivity index (χ2v) is 5.38. The Morgan fingerprint density at radius 2 is 2.05 bits per heavy atom.